The Morgan fingerprint density at radius 1 is 0.298 bits per heavy atom. The first kappa shape index (κ1) is 72.5. The second-order valence-electron chi connectivity index (χ2n) is 33.2. The molecule has 578 valence electrons. The number of aromatic nitrogens is 2. The number of aryl methyl sites for hydroxylation is 6. The molecule has 0 N–H and O–H groups in total. The van der Waals surface area contributed by atoms with E-state index in [2.05, 4.69) is 331 Å². The molecule has 0 atom stereocenters. The zero-order valence-electron chi connectivity index (χ0n) is 67.8. The monoisotopic (exact) mass is 1660 g/mol. The number of ether oxygens (including phenoxy) is 2. The molecule has 18 aromatic rings. The molecule has 0 saturated heterocycles. The lowest BCUT2D eigenvalue weighted by Crippen LogP contribution is -2.59. The molecule has 0 radical (unpaired) electrons. The molecule has 0 amide bonds. The maximum Gasteiger partial charge on any atom is 0.247 e. The van der Waals surface area contributed by atoms with Crippen LogP contribution in [0.2, 0.25) is 0 Å². The fourth-order valence-electron chi connectivity index (χ4n) is 21.7. The molecule has 27 rings (SSSR count). The SMILES string of the molecule is Cc1cc(C)c(B2c3cccc4c3N3c5c(cc(-n6c7ccccc7c7ccccc76)cc5Sc5cccc2c53)S4)c(C)c1.[C-]#[N+]c1ccc2c3c1Oc1c([N+]#[C-])cc(C#N)c4c1N3c1c(ccc(C#N)c1O4)B2c1c(C)cc(C)cc1C.c1ccc(B2c3cccc4c3N3c5c(cc(-n6c7ccccc7c7ccccc76)cc5Sc5cccc2c53)S4)cc1. The van der Waals surface area contributed by atoms with Gasteiger partial charge in [0, 0.05) is 72.1 Å². The summed E-state index contributed by atoms with van der Waals surface area (Å²) in [5.74, 6) is 1.16. The van der Waals surface area contributed by atoms with Crippen LogP contribution in [-0.4, -0.2) is 29.3 Å². The number of nitriles is 2. The lowest BCUT2D eigenvalue weighted by molar-refractivity contribution is 0.447. The van der Waals surface area contributed by atoms with Crippen LogP contribution in [0.15, 0.2) is 318 Å². The molecule has 0 bridgehead atoms. The molecule has 0 saturated carbocycles. The van der Waals surface area contributed by atoms with Gasteiger partial charge in [0.1, 0.15) is 17.8 Å². The number of anilines is 9. The van der Waals surface area contributed by atoms with Gasteiger partial charge in [-0.3, -0.25) is 4.90 Å². The topological polar surface area (TPSA) is 94.3 Å². The molecule has 124 heavy (non-hydrogen) atoms. The molecule has 11 heterocycles. The highest BCUT2D eigenvalue weighted by atomic mass is 32.2. The molecule has 0 spiro atoms. The van der Waals surface area contributed by atoms with Crippen molar-refractivity contribution in [2.75, 3.05) is 14.7 Å². The van der Waals surface area contributed by atoms with Gasteiger partial charge >= 0.3 is 0 Å². The Morgan fingerprint density at radius 2 is 0.637 bits per heavy atom. The Balaban J connectivity index is 0.000000102. The molecule has 2 aromatic heterocycles. The molecule has 18 heteroatoms. The zero-order valence-corrected chi connectivity index (χ0v) is 71.0. The Labute approximate surface area is 734 Å². The van der Waals surface area contributed by atoms with Crippen molar-refractivity contribution in [3.05, 3.63) is 346 Å². The lowest BCUT2D eigenvalue weighted by atomic mass is 9.33. The van der Waals surface area contributed by atoms with Crippen LogP contribution in [0.3, 0.4) is 0 Å². The predicted octanol–water partition coefficient (Wildman–Crippen LogP) is 22.9. The summed E-state index contributed by atoms with van der Waals surface area (Å²) in [7, 11) is 0. The average molecular weight is 1660 g/mol. The van der Waals surface area contributed by atoms with Crippen molar-refractivity contribution in [3.63, 3.8) is 0 Å². The highest BCUT2D eigenvalue weighted by molar-refractivity contribution is 8.01. The summed E-state index contributed by atoms with van der Waals surface area (Å²) in [6, 6.07) is 106. The lowest BCUT2D eigenvalue weighted by Gasteiger charge is -2.45. The first-order valence-corrected chi connectivity index (χ1v) is 44.7. The molecule has 0 unspecified atom stereocenters. The van der Waals surface area contributed by atoms with Crippen LogP contribution >= 0.6 is 47.0 Å². The third-order valence-electron chi connectivity index (χ3n) is 26.2. The summed E-state index contributed by atoms with van der Waals surface area (Å²) >= 11 is 7.70. The van der Waals surface area contributed by atoms with Crippen molar-refractivity contribution in [1.82, 2.24) is 9.13 Å². The second-order valence-corrected chi connectivity index (χ2v) is 37.5. The van der Waals surface area contributed by atoms with E-state index in [-0.39, 0.29) is 42.9 Å². The van der Waals surface area contributed by atoms with E-state index in [0.717, 1.165) is 27.5 Å². The van der Waals surface area contributed by atoms with Crippen LogP contribution in [0, 0.1) is 77.3 Å². The Kier molecular flexibility index (Phi) is 15.8. The molecule has 16 aromatic carbocycles. The van der Waals surface area contributed by atoms with E-state index in [9.17, 15) is 10.5 Å². The van der Waals surface area contributed by atoms with Crippen LogP contribution in [0.1, 0.15) is 44.5 Å². The minimum atomic E-state index is -0.230. The number of para-hydroxylation sites is 8. The van der Waals surface area contributed by atoms with Crippen molar-refractivity contribution >= 4 is 223 Å². The fraction of sp³-hybridized carbons (Fsp3) is 0.0566. The molecule has 9 aliphatic heterocycles. The molecule has 11 nitrogen and oxygen atoms in total. The van der Waals surface area contributed by atoms with Crippen LogP contribution in [0.25, 0.3) is 64.7 Å². The Hall–Kier alpha value is -14.3. The smallest absolute Gasteiger partial charge is 0.247 e. The number of hydrogen-bond donors (Lipinski definition) is 0. The minimum Gasteiger partial charge on any atom is -0.475 e. The maximum absolute atomic E-state index is 10.0. The number of fused-ring (bicyclic) bond motifs is 6. The van der Waals surface area contributed by atoms with Crippen molar-refractivity contribution in [2.45, 2.75) is 80.7 Å². The standard InChI is InChI=1S/C39H27BN2S2.C36H21BN2S2.C31H16BN5O2/c1-22-18-23(2)36(24(3)19-22)40-28-12-8-16-32-37(28)42-38-29(40)13-9-17-33(38)44-35-21-25(20-34(43-32)39(35)42)41-30-14-6-4-10-26(30)27-11-5-7-15-31(27)41;1-2-10-22(11-3-1)37-26-14-8-18-30-34(26)39-35-27(37)15-9-19-31(35)41-33-21-23(20-32(40-30)36(33)39)38-28-16-6-4-12-24(28)25-13-5-7-17-29(25)38;1-15-10-16(2)24(17(3)11-15)32-20-7-6-18(13-33)28-25(20)37-26-21(32)8-9-22(35-4)30(26)39-31-23(36-5)12-19(14-34)29(38-28)27(31)37/h4-21H,1-3H3;1-21H;6-12H,1-3H3. The number of hydrogen-bond acceptors (Lipinski definition) is 11. The van der Waals surface area contributed by atoms with Gasteiger partial charge in [-0.25, -0.2) is 9.69 Å². The Bertz CT molecular complexity index is 7750. The van der Waals surface area contributed by atoms with Crippen molar-refractivity contribution in [2.24, 2.45) is 0 Å². The summed E-state index contributed by atoms with van der Waals surface area (Å²) in [5.41, 5.74) is 37.1. The van der Waals surface area contributed by atoms with Gasteiger partial charge in [0.25, 0.3) is 0 Å². The van der Waals surface area contributed by atoms with Crippen LogP contribution in [0.5, 0.6) is 23.0 Å². The molecular weight excluding hydrogens is 1590 g/mol. The van der Waals surface area contributed by atoms with Gasteiger partial charge in [-0.1, -0.05) is 291 Å². The van der Waals surface area contributed by atoms with Crippen LogP contribution < -0.4 is 73.3 Å². The fourth-order valence-corrected chi connectivity index (χ4v) is 26.5. The van der Waals surface area contributed by atoms with E-state index in [4.69, 9.17) is 22.6 Å². The van der Waals surface area contributed by atoms with E-state index in [1.165, 1.54) is 189 Å². The average Bonchev–Trinajstić information content (AvgIpc) is 1.77. The normalized spacial score (nSPS) is 13.6. The van der Waals surface area contributed by atoms with Gasteiger partial charge < -0.3 is 28.4 Å². The summed E-state index contributed by atoms with van der Waals surface area (Å²) in [6.07, 6.45) is 0. The molecule has 0 fully saturated rings. The van der Waals surface area contributed by atoms with E-state index >= 15 is 0 Å². The maximum atomic E-state index is 10.0. The van der Waals surface area contributed by atoms with Crippen molar-refractivity contribution in [1.29, 1.82) is 10.5 Å². The molecule has 0 aliphatic carbocycles. The van der Waals surface area contributed by atoms with Gasteiger partial charge in [0.15, 0.2) is 23.0 Å². The third-order valence-corrected chi connectivity index (χ3v) is 30.5. The highest BCUT2D eigenvalue weighted by Crippen LogP contribution is 2.67. The minimum absolute atomic E-state index is 0.148. The van der Waals surface area contributed by atoms with Gasteiger partial charge in [0.2, 0.25) is 31.5 Å². The number of rotatable bonds is 5. The van der Waals surface area contributed by atoms with Gasteiger partial charge in [-0.2, -0.15) is 10.5 Å². The van der Waals surface area contributed by atoms with Crippen LogP contribution in [-0.2, 0) is 0 Å². The van der Waals surface area contributed by atoms with Crippen molar-refractivity contribution < 1.29 is 9.47 Å². The largest absolute Gasteiger partial charge is 0.475 e. The summed E-state index contributed by atoms with van der Waals surface area (Å²) < 4.78 is 17.7. The highest BCUT2D eigenvalue weighted by Gasteiger charge is 2.51. The van der Waals surface area contributed by atoms with E-state index in [0.29, 0.717) is 39.8 Å². The van der Waals surface area contributed by atoms with Gasteiger partial charge in [-0.15, -0.1) is 0 Å². The zero-order chi connectivity index (χ0) is 83.1. The predicted molar refractivity (Wildman–Crippen MR) is 512 cm³/mol. The third kappa shape index (κ3) is 10.1. The first-order valence-electron chi connectivity index (χ1n) is 41.5. The quantitative estimate of drug-likeness (QED) is 0.122. The summed E-state index contributed by atoms with van der Waals surface area (Å²) in [4.78, 5) is 25.1. The molecule has 9 aliphatic rings. The summed E-state index contributed by atoms with van der Waals surface area (Å²) in [6.45, 7) is 28.9. The first-order chi connectivity index (χ1) is 60.8. The number of nitrogens with zero attached hydrogens (tertiary/aromatic N) is 9. The number of benzene rings is 16. The van der Waals surface area contributed by atoms with E-state index < -0.39 is 0 Å². The summed E-state index contributed by atoms with van der Waals surface area (Å²) in [5, 5.41) is 25.2. The second kappa shape index (κ2) is 27.1. The van der Waals surface area contributed by atoms with Crippen LogP contribution in [0.4, 0.5) is 62.6 Å². The molecular formula is C106H64B3N9O2S4. The van der Waals surface area contributed by atoms with E-state index in [1.807, 2.05) is 64.1 Å². The van der Waals surface area contributed by atoms with Gasteiger partial charge in [0.05, 0.1) is 91.8 Å². The van der Waals surface area contributed by atoms with E-state index in [1.54, 1.807) is 12.1 Å². The van der Waals surface area contributed by atoms with Crippen molar-refractivity contribution in [3.8, 4) is 46.5 Å². The Morgan fingerprint density at radius 3 is 1.04 bits per heavy atom. The van der Waals surface area contributed by atoms with Gasteiger partial charge in [-0.05, 0) is 159 Å².